The molecule has 0 fully saturated rings. The van der Waals surface area contributed by atoms with Gasteiger partial charge >= 0.3 is 11.9 Å². The molecule has 1 aliphatic rings. The molecule has 0 aliphatic carbocycles. The Morgan fingerprint density at radius 2 is 1.71 bits per heavy atom. The molecule has 1 atom stereocenters. The highest BCUT2D eigenvalue weighted by Gasteiger charge is 2.33. The molecule has 0 saturated carbocycles. The molecular formula is C32H33N3O5S2. The van der Waals surface area contributed by atoms with Crippen molar-refractivity contribution in [2.75, 3.05) is 13.7 Å². The van der Waals surface area contributed by atoms with Gasteiger partial charge in [-0.1, -0.05) is 41.2 Å². The molecule has 4 heterocycles. The number of hydrogen-bond donors (Lipinski definition) is 0. The van der Waals surface area contributed by atoms with E-state index in [0.29, 0.717) is 26.2 Å². The van der Waals surface area contributed by atoms with Crippen LogP contribution in [0.2, 0.25) is 0 Å². The van der Waals surface area contributed by atoms with Gasteiger partial charge in [-0.2, -0.15) is 0 Å². The van der Waals surface area contributed by atoms with Crippen LogP contribution in [-0.4, -0.2) is 34.8 Å². The molecule has 3 aromatic heterocycles. The number of ether oxygens (including phenoxy) is 2. The fourth-order valence-electron chi connectivity index (χ4n) is 5.35. The third-order valence-electron chi connectivity index (χ3n) is 7.63. The fourth-order valence-corrected chi connectivity index (χ4v) is 7.65. The summed E-state index contributed by atoms with van der Waals surface area (Å²) in [6.45, 7) is 13.6. The van der Waals surface area contributed by atoms with Crippen molar-refractivity contribution in [3.05, 3.63) is 105 Å². The van der Waals surface area contributed by atoms with Crippen LogP contribution in [0, 0.1) is 34.6 Å². The van der Waals surface area contributed by atoms with Crippen molar-refractivity contribution in [3.63, 3.8) is 0 Å². The predicted molar refractivity (Wildman–Crippen MR) is 166 cm³/mol. The second-order valence-electron chi connectivity index (χ2n) is 10.3. The van der Waals surface area contributed by atoms with Crippen molar-refractivity contribution in [2.24, 2.45) is 4.99 Å². The molecular weight excluding hydrogens is 571 g/mol. The largest absolute Gasteiger partial charge is 0.465 e. The van der Waals surface area contributed by atoms with E-state index in [1.807, 2.05) is 75.6 Å². The van der Waals surface area contributed by atoms with Crippen LogP contribution in [0.15, 0.2) is 51.4 Å². The highest BCUT2D eigenvalue weighted by atomic mass is 32.1. The van der Waals surface area contributed by atoms with Gasteiger partial charge in [-0.25, -0.2) is 14.6 Å². The summed E-state index contributed by atoms with van der Waals surface area (Å²) in [5.74, 6) is -0.858. The van der Waals surface area contributed by atoms with E-state index in [9.17, 15) is 14.4 Å². The Hall–Kier alpha value is -4.02. The fraction of sp³-hybridized carbons (Fsp3) is 0.312. The van der Waals surface area contributed by atoms with Crippen molar-refractivity contribution < 1.29 is 19.1 Å². The second-order valence-corrected chi connectivity index (χ2v) is 12.5. The van der Waals surface area contributed by atoms with Crippen molar-refractivity contribution in [3.8, 4) is 5.00 Å². The van der Waals surface area contributed by atoms with E-state index < -0.39 is 12.0 Å². The van der Waals surface area contributed by atoms with Gasteiger partial charge in [0.05, 0.1) is 41.1 Å². The molecule has 0 unspecified atom stereocenters. The number of esters is 2. The Morgan fingerprint density at radius 3 is 2.36 bits per heavy atom. The Bertz CT molecular complexity index is 1950. The number of carbonyl (C=O) groups excluding carboxylic acids is 2. The summed E-state index contributed by atoms with van der Waals surface area (Å²) in [5, 5.41) is 0.794. The molecule has 0 bridgehead atoms. The monoisotopic (exact) mass is 603 g/mol. The lowest BCUT2D eigenvalue weighted by Crippen LogP contribution is -2.39. The maximum Gasteiger partial charge on any atom is 0.341 e. The van der Waals surface area contributed by atoms with Gasteiger partial charge in [-0.05, 0) is 77.3 Å². The number of allylic oxidation sites excluding steroid dienone is 1. The van der Waals surface area contributed by atoms with Crippen LogP contribution in [0.4, 0.5) is 0 Å². The first-order chi connectivity index (χ1) is 20.0. The van der Waals surface area contributed by atoms with Crippen molar-refractivity contribution >= 4 is 40.7 Å². The van der Waals surface area contributed by atoms with Gasteiger partial charge in [-0.3, -0.25) is 9.36 Å². The van der Waals surface area contributed by atoms with E-state index >= 15 is 0 Å². The van der Waals surface area contributed by atoms with E-state index in [1.54, 1.807) is 18.4 Å². The third kappa shape index (κ3) is 4.88. The quantitative estimate of drug-likeness (QED) is 0.290. The maximum absolute atomic E-state index is 14.0. The van der Waals surface area contributed by atoms with Crippen LogP contribution in [-0.2, 0) is 14.3 Å². The summed E-state index contributed by atoms with van der Waals surface area (Å²) in [4.78, 5) is 46.1. The molecule has 1 aromatic carbocycles. The zero-order valence-electron chi connectivity index (χ0n) is 24.9. The van der Waals surface area contributed by atoms with Crippen molar-refractivity contribution in [1.82, 2.24) is 9.13 Å². The Kier molecular flexibility index (Phi) is 7.96. The molecule has 42 heavy (non-hydrogen) atoms. The molecule has 0 saturated heterocycles. The van der Waals surface area contributed by atoms with Gasteiger partial charge in [0.15, 0.2) is 4.80 Å². The number of benzene rings is 1. The van der Waals surface area contributed by atoms with Gasteiger partial charge in [0.1, 0.15) is 5.00 Å². The smallest absolute Gasteiger partial charge is 0.341 e. The molecule has 0 amide bonds. The number of thiophene rings is 1. The van der Waals surface area contributed by atoms with Crippen LogP contribution in [0.3, 0.4) is 0 Å². The summed E-state index contributed by atoms with van der Waals surface area (Å²) in [5.41, 5.74) is 6.65. The summed E-state index contributed by atoms with van der Waals surface area (Å²) in [7, 11) is 1.39. The summed E-state index contributed by atoms with van der Waals surface area (Å²) < 4.78 is 14.6. The second kappa shape index (κ2) is 11.3. The Labute approximate surface area is 251 Å². The molecule has 0 radical (unpaired) electrons. The highest BCUT2D eigenvalue weighted by Crippen LogP contribution is 2.35. The topological polar surface area (TPSA) is 91.9 Å². The minimum Gasteiger partial charge on any atom is -0.465 e. The van der Waals surface area contributed by atoms with Gasteiger partial charge in [0.25, 0.3) is 5.56 Å². The maximum atomic E-state index is 14.0. The highest BCUT2D eigenvalue weighted by molar-refractivity contribution is 7.15. The van der Waals surface area contributed by atoms with Gasteiger partial charge in [-0.15, -0.1) is 11.3 Å². The molecule has 8 nitrogen and oxygen atoms in total. The number of thiazole rings is 1. The Morgan fingerprint density at radius 1 is 1.02 bits per heavy atom. The zero-order valence-corrected chi connectivity index (χ0v) is 26.6. The van der Waals surface area contributed by atoms with E-state index in [-0.39, 0.29) is 18.1 Å². The van der Waals surface area contributed by atoms with Crippen LogP contribution < -0.4 is 14.9 Å². The number of methoxy groups -OCH3 is 1. The third-order valence-corrected chi connectivity index (χ3v) is 9.80. The lowest BCUT2D eigenvalue weighted by molar-refractivity contribution is -0.139. The molecule has 1 aliphatic heterocycles. The van der Waals surface area contributed by atoms with Crippen molar-refractivity contribution in [2.45, 2.75) is 54.5 Å². The lowest BCUT2D eigenvalue weighted by Gasteiger charge is -2.24. The van der Waals surface area contributed by atoms with Crippen LogP contribution >= 0.6 is 22.7 Å². The predicted octanol–water partition coefficient (Wildman–Crippen LogP) is 4.98. The molecule has 0 N–H and O–H groups in total. The van der Waals surface area contributed by atoms with Crippen LogP contribution in [0.1, 0.15) is 68.8 Å². The zero-order chi connectivity index (χ0) is 30.5. The van der Waals surface area contributed by atoms with Crippen LogP contribution in [0.25, 0.3) is 11.1 Å². The van der Waals surface area contributed by atoms with E-state index in [0.717, 1.165) is 43.5 Å². The molecule has 0 spiro atoms. The minimum absolute atomic E-state index is 0.219. The molecule has 10 heteroatoms. The molecule has 5 rings (SSSR count). The summed E-state index contributed by atoms with van der Waals surface area (Å²) in [6, 6.07) is 9.16. The number of carbonyl (C=O) groups is 2. The van der Waals surface area contributed by atoms with E-state index in [4.69, 9.17) is 9.47 Å². The normalized spacial score (nSPS) is 15.0. The molecule has 4 aromatic rings. The van der Waals surface area contributed by atoms with Gasteiger partial charge in [0, 0.05) is 16.3 Å². The number of aromatic nitrogens is 2. The standard InChI is InChI=1S/C32H33N3O5S2/c1-9-40-31(38)26-19(5)33-32-35(27(26)22-12-10-16(2)11-13-22)28(36)24(42-32)15-23-14-17(3)34(20(23)6)29-25(30(37)39-8)18(4)21(7)41-29/h10-15,27H,9H2,1-8H3/b24-15-/t27-/m1/s1. The first-order valence-electron chi connectivity index (χ1n) is 13.6. The summed E-state index contributed by atoms with van der Waals surface area (Å²) >= 11 is 2.83. The SMILES string of the molecule is CCOC(=O)C1=C(C)N=c2s/c(=C\c3cc(C)n(-c4sc(C)c(C)c4C(=O)OC)c3C)c(=O)n2[C@@H]1c1ccc(C)cc1. The first-order valence-corrected chi connectivity index (χ1v) is 15.3. The average Bonchev–Trinajstić information content (AvgIpc) is 3.52. The van der Waals surface area contributed by atoms with Crippen molar-refractivity contribution in [1.29, 1.82) is 0 Å². The number of aryl methyl sites for hydroxylation is 3. The van der Waals surface area contributed by atoms with E-state index in [2.05, 4.69) is 4.99 Å². The Balaban J connectivity index is 1.70. The number of nitrogens with zero attached hydrogens (tertiary/aromatic N) is 3. The summed E-state index contributed by atoms with van der Waals surface area (Å²) in [6.07, 6.45) is 1.86. The lowest BCUT2D eigenvalue weighted by atomic mass is 9.95. The van der Waals surface area contributed by atoms with Crippen LogP contribution in [0.5, 0.6) is 0 Å². The van der Waals surface area contributed by atoms with E-state index in [1.165, 1.54) is 29.8 Å². The van der Waals surface area contributed by atoms with Gasteiger partial charge in [0.2, 0.25) is 0 Å². The molecule has 218 valence electrons. The number of rotatable bonds is 6. The van der Waals surface area contributed by atoms with Gasteiger partial charge < -0.3 is 14.0 Å². The minimum atomic E-state index is -0.657. The first kappa shape index (κ1) is 29.5. The number of hydrogen-bond acceptors (Lipinski definition) is 8. The average molecular weight is 604 g/mol. The number of fused-ring (bicyclic) bond motifs is 1.